The van der Waals surface area contributed by atoms with Crippen LogP contribution in [0, 0.1) is 0 Å². The Hall–Kier alpha value is -1.11. The Bertz CT molecular complexity index is 388. The molecule has 1 aliphatic heterocycles. The molecule has 5 nitrogen and oxygen atoms in total. The van der Waals surface area contributed by atoms with E-state index in [2.05, 4.69) is 38.0 Å². The lowest BCUT2D eigenvalue weighted by atomic mass is 10.3. The summed E-state index contributed by atoms with van der Waals surface area (Å²) < 4.78 is 5.34. The maximum atomic E-state index is 5.34. The fourth-order valence-corrected chi connectivity index (χ4v) is 2.85. The molecule has 0 unspecified atom stereocenters. The third kappa shape index (κ3) is 5.48. The number of aliphatic imine (C=N–C) groups is 1. The average Bonchev–Trinajstić information content (AvgIpc) is 3.00. The molecule has 0 saturated carbocycles. The second-order valence-corrected chi connectivity index (χ2v) is 5.74. The van der Waals surface area contributed by atoms with Crippen LogP contribution in [-0.4, -0.2) is 63.8 Å². The molecule has 0 amide bonds. The van der Waals surface area contributed by atoms with Gasteiger partial charge in [0.2, 0.25) is 0 Å². The van der Waals surface area contributed by atoms with E-state index in [-0.39, 0.29) is 0 Å². The number of ether oxygens (including phenoxy) is 1. The van der Waals surface area contributed by atoms with Crippen molar-refractivity contribution in [3.63, 3.8) is 0 Å². The smallest absolute Gasteiger partial charge is 0.191 e. The Labute approximate surface area is 125 Å². The predicted octanol–water partition coefficient (Wildman–Crippen LogP) is 0.788. The van der Waals surface area contributed by atoms with Crippen LogP contribution in [-0.2, 0) is 11.2 Å². The van der Waals surface area contributed by atoms with Crippen LogP contribution in [0.3, 0.4) is 0 Å². The lowest BCUT2D eigenvalue weighted by Crippen LogP contribution is -2.44. The standard InChI is InChI=1S/C14H24N4OS/c1-15-14(16-5-4-13-3-2-12-20-13)17-6-7-18-8-10-19-11-9-18/h2-3,12H,4-11H2,1H3,(H2,15,16,17). The number of rotatable bonds is 6. The Morgan fingerprint density at radius 1 is 1.35 bits per heavy atom. The van der Waals surface area contributed by atoms with Gasteiger partial charge in [-0.2, -0.15) is 0 Å². The second kappa shape index (κ2) is 8.94. The minimum absolute atomic E-state index is 0.855. The predicted molar refractivity (Wildman–Crippen MR) is 84.6 cm³/mol. The third-order valence-electron chi connectivity index (χ3n) is 3.29. The van der Waals surface area contributed by atoms with Crippen LogP contribution >= 0.6 is 11.3 Å². The molecule has 0 radical (unpaired) electrons. The van der Waals surface area contributed by atoms with Gasteiger partial charge in [0.1, 0.15) is 0 Å². The van der Waals surface area contributed by atoms with Gasteiger partial charge in [0.25, 0.3) is 0 Å². The summed E-state index contributed by atoms with van der Waals surface area (Å²) in [6, 6.07) is 4.26. The molecule has 1 aromatic rings. The third-order valence-corrected chi connectivity index (χ3v) is 4.23. The van der Waals surface area contributed by atoms with Crippen molar-refractivity contribution in [2.45, 2.75) is 6.42 Å². The SMILES string of the molecule is CN=C(NCCc1cccs1)NCCN1CCOCC1. The lowest BCUT2D eigenvalue weighted by Gasteiger charge is -2.26. The zero-order valence-electron chi connectivity index (χ0n) is 12.1. The van der Waals surface area contributed by atoms with Crippen molar-refractivity contribution in [1.29, 1.82) is 0 Å². The Morgan fingerprint density at radius 3 is 2.85 bits per heavy atom. The van der Waals surface area contributed by atoms with E-state index < -0.39 is 0 Å². The Balaban J connectivity index is 1.57. The van der Waals surface area contributed by atoms with Crippen molar-refractivity contribution in [1.82, 2.24) is 15.5 Å². The molecule has 0 bridgehead atoms. The van der Waals surface area contributed by atoms with Crippen molar-refractivity contribution < 1.29 is 4.74 Å². The van der Waals surface area contributed by atoms with Crippen LogP contribution in [0.15, 0.2) is 22.5 Å². The largest absolute Gasteiger partial charge is 0.379 e. The van der Waals surface area contributed by atoms with Gasteiger partial charge in [-0.3, -0.25) is 9.89 Å². The van der Waals surface area contributed by atoms with Crippen LogP contribution in [0.2, 0.25) is 0 Å². The molecule has 0 atom stereocenters. The lowest BCUT2D eigenvalue weighted by molar-refractivity contribution is 0.0389. The molecule has 0 aromatic carbocycles. The highest BCUT2D eigenvalue weighted by atomic mass is 32.1. The number of morpholine rings is 1. The summed E-state index contributed by atoms with van der Waals surface area (Å²) in [7, 11) is 1.81. The molecule has 112 valence electrons. The van der Waals surface area contributed by atoms with Crippen molar-refractivity contribution in [2.24, 2.45) is 4.99 Å². The van der Waals surface area contributed by atoms with Gasteiger partial charge in [0.05, 0.1) is 13.2 Å². The van der Waals surface area contributed by atoms with Crippen LogP contribution in [0.5, 0.6) is 0 Å². The molecule has 1 aliphatic rings. The number of nitrogens with one attached hydrogen (secondary N) is 2. The number of nitrogens with zero attached hydrogens (tertiary/aromatic N) is 2. The molecule has 20 heavy (non-hydrogen) atoms. The van der Waals surface area contributed by atoms with E-state index in [4.69, 9.17) is 4.74 Å². The zero-order chi connectivity index (χ0) is 14.0. The van der Waals surface area contributed by atoms with Gasteiger partial charge in [-0.25, -0.2) is 0 Å². The van der Waals surface area contributed by atoms with Gasteiger partial charge in [-0.15, -0.1) is 11.3 Å². The average molecular weight is 296 g/mol. The molecule has 1 saturated heterocycles. The van der Waals surface area contributed by atoms with Gasteiger partial charge in [0, 0.05) is 44.6 Å². The molecular weight excluding hydrogens is 272 g/mol. The highest BCUT2D eigenvalue weighted by Crippen LogP contribution is 2.07. The summed E-state index contributed by atoms with van der Waals surface area (Å²) in [5.41, 5.74) is 0. The van der Waals surface area contributed by atoms with Crippen LogP contribution in [0.4, 0.5) is 0 Å². The molecule has 0 spiro atoms. The Kier molecular flexibility index (Phi) is 6.83. The Morgan fingerprint density at radius 2 is 2.15 bits per heavy atom. The van der Waals surface area contributed by atoms with E-state index in [1.807, 2.05) is 7.05 Å². The topological polar surface area (TPSA) is 48.9 Å². The molecule has 1 aromatic heterocycles. The van der Waals surface area contributed by atoms with Gasteiger partial charge >= 0.3 is 0 Å². The monoisotopic (exact) mass is 296 g/mol. The quantitative estimate of drug-likeness (QED) is 0.602. The molecule has 6 heteroatoms. The van der Waals surface area contributed by atoms with Crippen molar-refractivity contribution in [3.05, 3.63) is 22.4 Å². The van der Waals surface area contributed by atoms with E-state index in [1.54, 1.807) is 11.3 Å². The van der Waals surface area contributed by atoms with Gasteiger partial charge in [-0.05, 0) is 17.9 Å². The number of hydrogen-bond acceptors (Lipinski definition) is 4. The highest BCUT2D eigenvalue weighted by molar-refractivity contribution is 7.09. The van der Waals surface area contributed by atoms with E-state index in [9.17, 15) is 0 Å². The first-order chi connectivity index (χ1) is 9.88. The minimum atomic E-state index is 0.855. The first-order valence-electron chi connectivity index (χ1n) is 7.15. The summed E-state index contributed by atoms with van der Waals surface area (Å²) in [5, 5.41) is 8.82. The van der Waals surface area contributed by atoms with E-state index >= 15 is 0 Å². The van der Waals surface area contributed by atoms with Gasteiger partial charge in [0.15, 0.2) is 5.96 Å². The highest BCUT2D eigenvalue weighted by Gasteiger charge is 2.09. The van der Waals surface area contributed by atoms with E-state index in [0.29, 0.717) is 0 Å². The van der Waals surface area contributed by atoms with Crippen LogP contribution < -0.4 is 10.6 Å². The minimum Gasteiger partial charge on any atom is -0.379 e. The molecule has 2 N–H and O–H groups in total. The molecule has 0 aliphatic carbocycles. The zero-order valence-corrected chi connectivity index (χ0v) is 12.9. The molecule has 2 heterocycles. The molecular formula is C14H24N4OS. The van der Waals surface area contributed by atoms with Crippen molar-refractivity contribution in [3.8, 4) is 0 Å². The fourth-order valence-electron chi connectivity index (χ4n) is 2.14. The second-order valence-electron chi connectivity index (χ2n) is 4.71. The van der Waals surface area contributed by atoms with Gasteiger partial charge in [-0.1, -0.05) is 6.07 Å². The maximum Gasteiger partial charge on any atom is 0.191 e. The summed E-state index contributed by atoms with van der Waals surface area (Å²) in [6.07, 6.45) is 1.04. The summed E-state index contributed by atoms with van der Waals surface area (Å²) in [6.45, 7) is 6.64. The van der Waals surface area contributed by atoms with Crippen LogP contribution in [0.1, 0.15) is 4.88 Å². The first-order valence-corrected chi connectivity index (χ1v) is 8.03. The molecule has 1 fully saturated rings. The van der Waals surface area contributed by atoms with Gasteiger partial charge < -0.3 is 15.4 Å². The normalized spacial score (nSPS) is 17.1. The summed E-state index contributed by atoms with van der Waals surface area (Å²) in [4.78, 5) is 8.06. The number of hydrogen-bond donors (Lipinski definition) is 2. The van der Waals surface area contributed by atoms with E-state index in [1.165, 1.54) is 4.88 Å². The van der Waals surface area contributed by atoms with Crippen LogP contribution in [0.25, 0.3) is 0 Å². The fraction of sp³-hybridized carbons (Fsp3) is 0.643. The van der Waals surface area contributed by atoms with Crippen molar-refractivity contribution >= 4 is 17.3 Å². The maximum absolute atomic E-state index is 5.34. The molecule has 2 rings (SSSR count). The number of guanidine groups is 1. The number of thiophene rings is 1. The summed E-state index contributed by atoms with van der Waals surface area (Å²) >= 11 is 1.80. The van der Waals surface area contributed by atoms with E-state index in [0.717, 1.165) is 58.3 Å². The first kappa shape index (κ1) is 15.3. The van der Waals surface area contributed by atoms with Crippen molar-refractivity contribution in [2.75, 3.05) is 53.0 Å². The summed E-state index contributed by atoms with van der Waals surface area (Å²) in [5.74, 6) is 0.884.